The Hall–Kier alpha value is -2.64. The number of rotatable bonds is 5. The first-order valence-electron chi connectivity index (χ1n) is 8.86. The molecule has 2 heterocycles. The second kappa shape index (κ2) is 7.41. The molecule has 1 amide bonds. The van der Waals surface area contributed by atoms with E-state index in [1.54, 1.807) is 54.5 Å². The molecule has 0 fully saturated rings. The zero-order valence-electron chi connectivity index (χ0n) is 15.1. The Morgan fingerprint density at radius 3 is 2.64 bits per heavy atom. The van der Waals surface area contributed by atoms with Gasteiger partial charge in [0.05, 0.1) is 17.0 Å². The molecule has 1 aliphatic rings. The summed E-state index contributed by atoms with van der Waals surface area (Å²) >= 11 is 3.38. The molecule has 28 heavy (non-hydrogen) atoms. The maximum atomic E-state index is 13.3. The van der Waals surface area contributed by atoms with E-state index in [-0.39, 0.29) is 22.8 Å². The third kappa shape index (κ3) is 3.10. The molecular formula is C21H18BrNO5. The van der Waals surface area contributed by atoms with Gasteiger partial charge >= 0.3 is 0 Å². The van der Waals surface area contributed by atoms with Crippen molar-refractivity contribution in [1.29, 1.82) is 0 Å². The van der Waals surface area contributed by atoms with Gasteiger partial charge in [-0.15, -0.1) is 0 Å². The normalized spacial score (nSPS) is 16.0. The molecule has 0 saturated carbocycles. The molecule has 2 aromatic carbocycles. The van der Waals surface area contributed by atoms with Crippen LogP contribution in [0.15, 0.2) is 56.1 Å². The van der Waals surface area contributed by atoms with Crippen LogP contribution in [0.4, 0.5) is 0 Å². The van der Waals surface area contributed by atoms with Crippen LogP contribution in [0.5, 0.6) is 5.75 Å². The standard InChI is InChI=1S/C21H18BrNO5/c1-27-10-2-9-23-18(12-3-6-14(24)7-4-12)17-19(25)15-11-13(22)5-8-16(15)28-20(17)21(23)26/h3-8,11,18,24H,2,9-10H2,1H3. The van der Waals surface area contributed by atoms with Crippen molar-refractivity contribution in [2.75, 3.05) is 20.3 Å². The summed E-state index contributed by atoms with van der Waals surface area (Å²) in [4.78, 5) is 28.0. The Balaban J connectivity index is 1.92. The summed E-state index contributed by atoms with van der Waals surface area (Å²) in [6.45, 7) is 0.917. The first kappa shape index (κ1) is 18.7. The average Bonchev–Trinajstić information content (AvgIpc) is 2.96. The first-order valence-corrected chi connectivity index (χ1v) is 9.65. The zero-order chi connectivity index (χ0) is 19.8. The summed E-state index contributed by atoms with van der Waals surface area (Å²) in [5.41, 5.74) is 1.23. The van der Waals surface area contributed by atoms with Crippen molar-refractivity contribution in [3.05, 3.63) is 74.0 Å². The number of halogens is 1. The van der Waals surface area contributed by atoms with Gasteiger partial charge in [0.25, 0.3) is 5.91 Å². The number of phenols is 1. The van der Waals surface area contributed by atoms with E-state index in [0.29, 0.717) is 36.1 Å². The molecule has 7 heteroatoms. The Morgan fingerprint density at radius 1 is 1.18 bits per heavy atom. The maximum absolute atomic E-state index is 13.3. The van der Waals surface area contributed by atoms with E-state index < -0.39 is 6.04 Å². The van der Waals surface area contributed by atoms with Crippen LogP contribution in [0.2, 0.25) is 0 Å². The third-order valence-electron chi connectivity index (χ3n) is 4.88. The number of hydrogen-bond donors (Lipinski definition) is 1. The highest BCUT2D eigenvalue weighted by molar-refractivity contribution is 9.10. The summed E-state index contributed by atoms with van der Waals surface area (Å²) in [5, 5.41) is 10.0. The molecule has 0 aliphatic carbocycles. The molecule has 0 bridgehead atoms. The largest absolute Gasteiger partial charge is 0.508 e. The van der Waals surface area contributed by atoms with E-state index in [0.717, 1.165) is 10.0 Å². The van der Waals surface area contributed by atoms with Crippen molar-refractivity contribution in [2.45, 2.75) is 12.5 Å². The number of nitrogens with zero attached hydrogens (tertiary/aromatic N) is 1. The number of carbonyl (C=O) groups is 1. The minimum atomic E-state index is -0.570. The number of fused-ring (bicyclic) bond motifs is 2. The summed E-state index contributed by atoms with van der Waals surface area (Å²) in [6, 6.07) is 11.1. The van der Waals surface area contributed by atoms with Gasteiger partial charge in [-0.1, -0.05) is 28.1 Å². The monoisotopic (exact) mass is 443 g/mol. The molecule has 0 radical (unpaired) electrons. The lowest BCUT2D eigenvalue weighted by Gasteiger charge is -2.25. The first-order chi connectivity index (χ1) is 13.5. The number of phenolic OH excluding ortho intramolecular Hbond substituents is 1. The third-order valence-corrected chi connectivity index (χ3v) is 5.38. The number of ether oxygens (including phenoxy) is 1. The van der Waals surface area contributed by atoms with Crippen molar-refractivity contribution in [1.82, 2.24) is 4.90 Å². The lowest BCUT2D eigenvalue weighted by atomic mass is 9.98. The summed E-state index contributed by atoms with van der Waals surface area (Å²) in [5.74, 6) is -0.116. The van der Waals surface area contributed by atoms with Crippen molar-refractivity contribution in [3.63, 3.8) is 0 Å². The van der Waals surface area contributed by atoms with Gasteiger partial charge in [-0.2, -0.15) is 0 Å². The number of aromatic hydroxyl groups is 1. The molecule has 1 aromatic heterocycles. The lowest BCUT2D eigenvalue weighted by molar-refractivity contribution is 0.0708. The van der Waals surface area contributed by atoms with E-state index in [4.69, 9.17) is 9.15 Å². The van der Waals surface area contributed by atoms with Gasteiger partial charge in [0.15, 0.2) is 5.43 Å². The topological polar surface area (TPSA) is 80.0 Å². The van der Waals surface area contributed by atoms with Crippen molar-refractivity contribution >= 4 is 32.8 Å². The Morgan fingerprint density at radius 2 is 1.93 bits per heavy atom. The molecule has 1 atom stereocenters. The van der Waals surface area contributed by atoms with Crippen molar-refractivity contribution < 1.29 is 19.1 Å². The fraction of sp³-hybridized carbons (Fsp3) is 0.238. The summed E-state index contributed by atoms with van der Waals surface area (Å²) in [6.07, 6.45) is 0.629. The highest BCUT2D eigenvalue weighted by Crippen LogP contribution is 2.38. The molecule has 3 aromatic rings. The second-order valence-electron chi connectivity index (χ2n) is 6.65. The van der Waals surface area contributed by atoms with Crippen LogP contribution in [0.1, 0.15) is 34.1 Å². The smallest absolute Gasteiger partial charge is 0.290 e. The zero-order valence-corrected chi connectivity index (χ0v) is 16.7. The SMILES string of the molecule is COCCCN1C(=O)c2oc3ccc(Br)cc3c(=O)c2C1c1ccc(O)cc1. The van der Waals surface area contributed by atoms with E-state index >= 15 is 0 Å². The number of amides is 1. The van der Waals surface area contributed by atoms with Gasteiger partial charge in [-0.25, -0.2) is 0 Å². The molecule has 1 N–H and O–H groups in total. The molecule has 0 saturated heterocycles. The Kier molecular flexibility index (Phi) is 4.95. The minimum absolute atomic E-state index is 0.0790. The highest BCUT2D eigenvalue weighted by Gasteiger charge is 2.42. The van der Waals surface area contributed by atoms with E-state index in [1.165, 1.54) is 0 Å². The number of hydrogen-bond acceptors (Lipinski definition) is 5. The van der Waals surface area contributed by atoms with Crippen LogP contribution < -0.4 is 5.43 Å². The predicted molar refractivity (Wildman–Crippen MR) is 108 cm³/mol. The summed E-state index contributed by atoms with van der Waals surface area (Å²) in [7, 11) is 1.60. The fourth-order valence-corrected chi connectivity index (χ4v) is 3.97. The van der Waals surface area contributed by atoms with Gasteiger partial charge in [0.1, 0.15) is 11.3 Å². The van der Waals surface area contributed by atoms with Crippen LogP contribution in [-0.2, 0) is 4.74 Å². The van der Waals surface area contributed by atoms with Crippen LogP contribution >= 0.6 is 15.9 Å². The van der Waals surface area contributed by atoms with Crippen LogP contribution in [0.25, 0.3) is 11.0 Å². The van der Waals surface area contributed by atoms with Gasteiger partial charge in [-0.05, 0) is 42.3 Å². The van der Waals surface area contributed by atoms with E-state index in [9.17, 15) is 14.7 Å². The number of methoxy groups -OCH3 is 1. The maximum Gasteiger partial charge on any atom is 0.290 e. The van der Waals surface area contributed by atoms with Crippen LogP contribution in [0, 0.1) is 0 Å². The minimum Gasteiger partial charge on any atom is -0.508 e. The molecule has 1 unspecified atom stereocenters. The molecule has 1 aliphatic heterocycles. The van der Waals surface area contributed by atoms with E-state index in [2.05, 4.69) is 15.9 Å². The summed E-state index contributed by atoms with van der Waals surface area (Å²) < 4.78 is 11.7. The van der Waals surface area contributed by atoms with Crippen molar-refractivity contribution in [3.8, 4) is 5.75 Å². The van der Waals surface area contributed by atoms with Gasteiger partial charge in [0.2, 0.25) is 5.76 Å². The van der Waals surface area contributed by atoms with Gasteiger partial charge < -0.3 is 19.2 Å². The van der Waals surface area contributed by atoms with Crippen LogP contribution in [-0.4, -0.2) is 36.2 Å². The average molecular weight is 444 g/mol. The van der Waals surface area contributed by atoms with Crippen molar-refractivity contribution in [2.24, 2.45) is 0 Å². The number of benzene rings is 2. The lowest BCUT2D eigenvalue weighted by Crippen LogP contribution is -2.31. The van der Waals surface area contributed by atoms with Gasteiger partial charge in [0, 0.05) is 24.7 Å². The predicted octanol–water partition coefficient (Wildman–Crippen LogP) is 3.84. The Labute approximate surface area is 169 Å². The fourth-order valence-electron chi connectivity index (χ4n) is 3.61. The highest BCUT2D eigenvalue weighted by atomic mass is 79.9. The molecular weight excluding hydrogens is 426 g/mol. The number of carbonyl (C=O) groups excluding carboxylic acids is 1. The molecule has 6 nitrogen and oxygen atoms in total. The van der Waals surface area contributed by atoms with Crippen LogP contribution in [0.3, 0.4) is 0 Å². The second-order valence-corrected chi connectivity index (χ2v) is 7.57. The van der Waals surface area contributed by atoms with Gasteiger partial charge in [-0.3, -0.25) is 9.59 Å². The molecule has 4 rings (SSSR count). The van der Waals surface area contributed by atoms with E-state index in [1.807, 2.05) is 0 Å². The molecule has 0 spiro atoms. The Bertz CT molecular complexity index is 1110. The quantitative estimate of drug-likeness (QED) is 0.605. The molecule has 144 valence electrons.